The molecule has 130 valence electrons. The predicted octanol–water partition coefficient (Wildman–Crippen LogP) is 5.34. The summed E-state index contributed by atoms with van der Waals surface area (Å²) in [6.07, 6.45) is 2.56. The van der Waals surface area contributed by atoms with Crippen LogP contribution in [0.15, 0.2) is 46.9 Å². The van der Waals surface area contributed by atoms with E-state index in [0.29, 0.717) is 6.04 Å². The van der Waals surface area contributed by atoms with Crippen molar-refractivity contribution in [2.75, 3.05) is 26.4 Å². The molecule has 0 amide bonds. The van der Waals surface area contributed by atoms with E-state index in [2.05, 4.69) is 67.8 Å². The predicted molar refractivity (Wildman–Crippen MR) is 102 cm³/mol. The molecule has 2 aromatic rings. The van der Waals surface area contributed by atoms with Gasteiger partial charge < -0.3 is 35.2 Å². The normalized spacial score (nSPS) is 11.8. The molecule has 0 aliphatic heterocycles. The molecule has 0 heterocycles. The van der Waals surface area contributed by atoms with Crippen molar-refractivity contribution in [2.45, 2.75) is 26.8 Å². The second kappa shape index (κ2) is 11.6. The largest absolute Gasteiger partial charge is 0.748 e. The third-order valence-corrected chi connectivity index (χ3v) is 7.56. The number of hydrogen-bond donors (Lipinski definition) is 0. The van der Waals surface area contributed by atoms with E-state index in [1.54, 1.807) is 5.30 Å². The van der Waals surface area contributed by atoms with Gasteiger partial charge in [0, 0.05) is 17.1 Å². The molecule has 0 saturated carbocycles. The van der Waals surface area contributed by atoms with E-state index in [4.69, 9.17) is 0 Å². The maximum atomic E-state index is 3.79. The van der Waals surface area contributed by atoms with Crippen molar-refractivity contribution in [1.82, 2.24) is 4.90 Å². The van der Waals surface area contributed by atoms with Gasteiger partial charge >= 0.3 is 0 Å². The van der Waals surface area contributed by atoms with Crippen LogP contribution < -0.4 is 5.30 Å². The third-order valence-electron chi connectivity index (χ3n) is 3.78. The molecule has 0 bridgehead atoms. The first-order valence-electron chi connectivity index (χ1n) is 7.56. The number of halogens is 1. The molecule has 0 fully saturated rings. The zero-order valence-electron chi connectivity index (χ0n) is 14.2. The minimum atomic E-state index is 0. The monoisotopic (exact) mass is 423 g/mol. The fourth-order valence-electron chi connectivity index (χ4n) is 2.19. The summed E-state index contributed by atoms with van der Waals surface area (Å²) < 4.78 is 1.35. The summed E-state index contributed by atoms with van der Waals surface area (Å²) in [6, 6.07) is 15.1. The minimum Gasteiger partial charge on any atom is -0.748 e. The van der Waals surface area contributed by atoms with Gasteiger partial charge in [0.15, 0.2) is 0 Å². The molecule has 0 aliphatic carbocycles. The van der Waals surface area contributed by atoms with Crippen LogP contribution in [0.25, 0.3) is 0 Å². The van der Waals surface area contributed by atoms with Gasteiger partial charge in [-0.15, -0.1) is 13.2 Å². The van der Waals surface area contributed by atoms with E-state index in [-0.39, 0.29) is 25.0 Å². The van der Waals surface area contributed by atoms with Gasteiger partial charge in [-0.05, 0) is 32.5 Å². The van der Waals surface area contributed by atoms with Gasteiger partial charge in [0.25, 0.3) is 0 Å². The summed E-state index contributed by atoms with van der Waals surface area (Å²) in [5.41, 5.74) is 1.43. The summed E-state index contributed by atoms with van der Waals surface area (Å²) >= 11 is 3.79. The van der Waals surface area contributed by atoms with E-state index >= 15 is 0 Å². The Morgan fingerprint density at radius 1 is 1.14 bits per heavy atom. The second-order valence-corrected chi connectivity index (χ2v) is 8.88. The number of hydrogen-bond acceptors (Lipinski definition) is 1. The summed E-state index contributed by atoms with van der Waals surface area (Å²) in [4.78, 5) is 2.25. The standard InChI is InChI=1S/C13H22BrNP.C5H5.Fe/c1-6-16(7-2)12-9-8-11(13(12)14)10(3)15(4)5;1-2-4-5-3-1;/h8-10H,6-7H2,1-5H3;1-5H;/q-1;-5;. The van der Waals surface area contributed by atoms with Crippen molar-refractivity contribution in [2.24, 2.45) is 0 Å². The van der Waals surface area contributed by atoms with Gasteiger partial charge in [-0.1, -0.05) is 41.2 Å². The van der Waals surface area contributed by atoms with Crippen LogP contribution in [0.2, 0.25) is 0 Å². The maximum absolute atomic E-state index is 3.79. The first kappa shape index (κ1) is 22.1. The van der Waals surface area contributed by atoms with Gasteiger partial charge in [0.1, 0.15) is 0 Å². The molecule has 1 atom stereocenters. The quantitative estimate of drug-likeness (QED) is 0.356. The van der Waals surface area contributed by atoms with Crippen LogP contribution in [-0.2, 0) is 17.1 Å². The maximum Gasteiger partial charge on any atom is 0 e. The van der Waals surface area contributed by atoms with Crippen molar-refractivity contribution in [3.8, 4) is 0 Å². The summed E-state index contributed by atoms with van der Waals surface area (Å²) in [5.74, 6) is 0. The average molecular weight is 424 g/mol. The molecule has 2 rings (SSSR count). The Morgan fingerprint density at radius 2 is 1.59 bits per heavy atom. The summed E-state index contributed by atoms with van der Waals surface area (Å²) in [7, 11) is 4.30. The van der Waals surface area contributed by atoms with Crippen molar-refractivity contribution in [3.05, 3.63) is 52.5 Å². The Hall–Kier alpha value is 0.0895. The van der Waals surface area contributed by atoms with Crippen molar-refractivity contribution in [1.29, 1.82) is 0 Å². The van der Waals surface area contributed by atoms with Crippen LogP contribution >= 0.6 is 23.9 Å². The zero-order valence-corrected chi connectivity index (χ0v) is 17.7. The molecule has 0 N–H and O–H groups in total. The van der Waals surface area contributed by atoms with E-state index in [0.717, 1.165) is 0 Å². The summed E-state index contributed by atoms with van der Waals surface area (Å²) in [5, 5.41) is 1.55. The summed E-state index contributed by atoms with van der Waals surface area (Å²) in [6.45, 7) is 6.84. The Kier molecular flexibility index (Phi) is 11.6. The number of rotatable bonds is 5. The van der Waals surface area contributed by atoms with Crippen LogP contribution in [0.5, 0.6) is 0 Å². The Balaban J connectivity index is 0.000000622. The fraction of sp³-hybridized carbons (Fsp3) is 0.444. The smallest absolute Gasteiger partial charge is 0 e. The van der Waals surface area contributed by atoms with Crippen molar-refractivity contribution < 1.29 is 17.1 Å². The van der Waals surface area contributed by atoms with Gasteiger partial charge in [-0.25, -0.2) is 6.07 Å². The van der Waals surface area contributed by atoms with Gasteiger partial charge in [0.2, 0.25) is 0 Å². The van der Waals surface area contributed by atoms with Crippen LogP contribution in [0.4, 0.5) is 0 Å². The first-order chi connectivity index (χ1) is 10.0. The fourth-order valence-corrected chi connectivity index (χ4v) is 5.36. The van der Waals surface area contributed by atoms with Gasteiger partial charge in [-0.2, -0.15) is 11.6 Å². The molecule has 0 saturated heterocycles. The van der Waals surface area contributed by atoms with Crippen LogP contribution in [0.1, 0.15) is 32.4 Å². The SMILES string of the molecule is CCP(CC)[c-]1ccc(C(C)N(C)C)c1Br.[Fe].[cH-]1[cH-][cH-][cH-][cH-]1. The van der Waals surface area contributed by atoms with E-state index < -0.39 is 0 Å². The van der Waals surface area contributed by atoms with Crippen molar-refractivity contribution in [3.63, 3.8) is 0 Å². The Morgan fingerprint density at radius 3 is 1.95 bits per heavy atom. The molecular formula is C18H27BrFeNP-6. The first-order valence-corrected chi connectivity index (χ1v) is 10.1. The second-order valence-electron chi connectivity index (χ2n) is 5.26. The van der Waals surface area contributed by atoms with E-state index in [9.17, 15) is 0 Å². The minimum absolute atomic E-state index is 0. The van der Waals surface area contributed by atoms with Crippen LogP contribution in [0, 0.1) is 0 Å². The van der Waals surface area contributed by atoms with Gasteiger partial charge in [-0.3, -0.25) is 0 Å². The molecule has 4 heteroatoms. The molecule has 1 nitrogen and oxygen atoms in total. The molecule has 1 unspecified atom stereocenters. The van der Waals surface area contributed by atoms with E-state index in [1.165, 1.54) is 22.4 Å². The number of nitrogens with zero attached hydrogens (tertiary/aromatic N) is 1. The Bertz CT molecular complexity index is 452. The molecule has 0 aromatic heterocycles. The molecule has 22 heavy (non-hydrogen) atoms. The Labute approximate surface area is 156 Å². The zero-order chi connectivity index (χ0) is 15.8. The molecule has 0 aliphatic rings. The average Bonchev–Trinajstić information content (AvgIpc) is 3.14. The van der Waals surface area contributed by atoms with Gasteiger partial charge in [0.05, 0.1) is 0 Å². The van der Waals surface area contributed by atoms with Crippen molar-refractivity contribution >= 4 is 29.2 Å². The topological polar surface area (TPSA) is 3.24 Å². The molecular weight excluding hydrogens is 397 g/mol. The molecule has 2 aromatic carbocycles. The van der Waals surface area contributed by atoms with Crippen LogP contribution in [0.3, 0.4) is 0 Å². The molecule has 0 radical (unpaired) electrons. The van der Waals surface area contributed by atoms with Crippen LogP contribution in [-0.4, -0.2) is 31.3 Å². The third kappa shape index (κ3) is 6.30. The van der Waals surface area contributed by atoms with E-state index in [1.807, 2.05) is 30.3 Å². The molecule has 0 spiro atoms.